The Labute approximate surface area is 210 Å². The van der Waals surface area contributed by atoms with Crippen LogP contribution in [-0.2, 0) is 17.8 Å². The molecule has 0 amide bonds. The molecule has 5 aromatic rings. The van der Waals surface area contributed by atoms with Gasteiger partial charge in [-0.15, -0.1) is 0 Å². The lowest BCUT2D eigenvalue weighted by atomic mass is 10.1. The third-order valence-electron chi connectivity index (χ3n) is 6.10. The molecule has 36 heavy (non-hydrogen) atoms. The molecule has 0 radical (unpaired) electrons. The summed E-state index contributed by atoms with van der Waals surface area (Å²) < 4.78 is 9.29. The van der Waals surface area contributed by atoms with E-state index in [0.29, 0.717) is 0 Å². The molecule has 2 aromatic heterocycles. The molecule has 7 heteroatoms. The smallest absolute Gasteiger partial charge is 0.419 e. The number of carbonyl (C=O) groups is 1. The van der Waals surface area contributed by atoms with Crippen LogP contribution in [-0.4, -0.2) is 37.6 Å². The van der Waals surface area contributed by atoms with Gasteiger partial charge in [-0.25, -0.2) is 14.3 Å². The molecule has 0 saturated heterocycles. The predicted octanol–water partition coefficient (Wildman–Crippen LogP) is 6.27. The van der Waals surface area contributed by atoms with Crippen LogP contribution >= 0.6 is 0 Å². The van der Waals surface area contributed by atoms with Crippen LogP contribution in [0.15, 0.2) is 85.5 Å². The molecule has 0 aliphatic heterocycles. The van der Waals surface area contributed by atoms with E-state index in [2.05, 4.69) is 57.4 Å². The number of aryl methyl sites for hydroxylation is 1. The van der Waals surface area contributed by atoms with Gasteiger partial charge in [-0.05, 0) is 57.0 Å². The van der Waals surface area contributed by atoms with E-state index in [1.807, 2.05) is 55.8 Å². The summed E-state index contributed by atoms with van der Waals surface area (Å²) in [5.74, 6) is 0. The fraction of sp³-hybridized carbons (Fsp3) is 0.276. The normalized spacial score (nSPS) is 11.8. The Bertz CT molecular complexity index is 1470. The monoisotopic (exact) mass is 481 g/mol. The van der Waals surface area contributed by atoms with Crippen molar-refractivity contribution < 1.29 is 9.53 Å². The average molecular weight is 482 g/mol. The zero-order chi connectivity index (χ0) is 25.1. The second kappa shape index (κ2) is 9.85. The Balaban J connectivity index is 1.53. The van der Waals surface area contributed by atoms with Crippen LogP contribution in [0.5, 0.6) is 0 Å². The van der Waals surface area contributed by atoms with Gasteiger partial charge in [0.15, 0.2) is 0 Å². The highest BCUT2D eigenvalue weighted by atomic mass is 16.6. The SMILES string of the molecule is CC(C)(C)OC(=O)n1c2ccccc2c2cc(N(CCCn3cncn3)Cc3ccccc3)ccc21. The van der Waals surface area contributed by atoms with E-state index in [1.54, 1.807) is 17.2 Å². The standard InChI is InChI=1S/C29H31N5O2/c1-29(2,3)36-28(35)34-26-13-8-7-12-24(26)25-18-23(14-15-27(25)34)32(19-22-10-5-4-6-11-22)16-9-17-33-21-30-20-31-33/h4-8,10-15,18,20-21H,9,16-17,19H2,1-3H3. The summed E-state index contributed by atoms with van der Waals surface area (Å²) in [5.41, 5.74) is 3.47. The zero-order valence-corrected chi connectivity index (χ0v) is 21.0. The van der Waals surface area contributed by atoms with Gasteiger partial charge in [0.25, 0.3) is 0 Å². The number of aromatic nitrogens is 4. The molecule has 0 aliphatic rings. The molecule has 184 valence electrons. The average Bonchev–Trinajstić information content (AvgIpc) is 3.48. The van der Waals surface area contributed by atoms with Gasteiger partial charge in [0.05, 0.1) is 11.0 Å². The van der Waals surface area contributed by atoms with Crippen molar-refractivity contribution in [3.05, 3.63) is 91.0 Å². The van der Waals surface area contributed by atoms with Gasteiger partial charge in [0, 0.05) is 36.1 Å². The number of anilines is 1. The summed E-state index contributed by atoms with van der Waals surface area (Å²) in [6.07, 6.45) is 3.87. The maximum atomic E-state index is 13.2. The number of nitrogens with zero attached hydrogens (tertiary/aromatic N) is 5. The molecule has 7 nitrogen and oxygen atoms in total. The maximum absolute atomic E-state index is 13.2. The van der Waals surface area contributed by atoms with Gasteiger partial charge in [-0.2, -0.15) is 5.10 Å². The quantitative estimate of drug-likeness (QED) is 0.274. The molecule has 0 N–H and O–H groups in total. The number of benzene rings is 3. The number of rotatable bonds is 7. The van der Waals surface area contributed by atoms with Gasteiger partial charge in [-0.1, -0.05) is 48.5 Å². The first-order chi connectivity index (χ1) is 17.4. The molecule has 0 atom stereocenters. The molecule has 0 spiro atoms. The molecule has 5 rings (SSSR count). The Morgan fingerprint density at radius 2 is 1.69 bits per heavy atom. The fourth-order valence-corrected chi connectivity index (χ4v) is 4.54. The van der Waals surface area contributed by atoms with Crippen molar-refractivity contribution in [3.63, 3.8) is 0 Å². The summed E-state index contributed by atoms with van der Waals surface area (Å²) >= 11 is 0. The lowest BCUT2D eigenvalue weighted by Crippen LogP contribution is -2.27. The Hall–Kier alpha value is -4.13. The minimum atomic E-state index is -0.578. The van der Waals surface area contributed by atoms with Gasteiger partial charge in [0.1, 0.15) is 18.3 Å². The highest BCUT2D eigenvalue weighted by Gasteiger charge is 2.23. The number of para-hydroxylation sites is 1. The molecule has 0 bridgehead atoms. The van der Waals surface area contributed by atoms with E-state index >= 15 is 0 Å². The van der Waals surface area contributed by atoms with Crippen LogP contribution in [0, 0.1) is 0 Å². The molecule has 0 unspecified atom stereocenters. The van der Waals surface area contributed by atoms with Crippen molar-refractivity contribution >= 4 is 33.6 Å². The second-order valence-electron chi connectivity index (χ2n) is 9.95. The molecular weight excluding hydrogens is 450 g/mol. The summed E-state index contributed by atoms with van der Waals surface area (Å²) in [5, 5.41) is 6.29. The van der Waals surface area contributed by atoms with Crippen LogP contribution in [0.2, 0.25) is 0 Å². The van der Waals surface area contributed by atoms with Crippen molar-refractivity contribution in [2.75, 3.05) is 11.4 Å². The van der Waals surface area contributed by atoms with Crippen molar-refractivity contribution in [1.29, 1.82) is 0 Å². The van der Waals surface area contributed by atoms with E-state index in [-0.39, 0.29) is 6.09 Å². The first-order valence-corrected chi connectivity index (χ1v) is 12.3. The first kappa shape index (κ1) is 23.6. The van der Waals surface area contributed by atoms with Crippen LogP contribution in [0.3, 0.4) is 0 Å². The molecule has 3 aromatic carbocycles. The van der Waals surface area contributed by atoms with Gasteiger partial charge < -0.3 is 9.64 Å². The van der Waals surface area contributed by atoms with Crippen LogP contribution < -0.4 is 4.90 Å². The molecule has 0 aliphatic carbocycles. The van der Waals surface area contributed by atoms with E-state index < -0.39 is 5.60 Å². The largest absolute Gasteiger partial charge is 0.443 e. The highest BCUT2D eigenvalue weighted by molar-refractivity contribution is 6.13. The molecule has 0 fully saturated rings. The van der Waals surface area contributed by atoms with Crippen molar-refractivity contribution in [2.24, 2.45) is 0 Å². The Morgan fingerprint density at radius 1 is 0.944 bits per heavy atom. The molecule has 2 heterocycles. The van der Waals surface area contributed by atoms with Crippen molar-refractivity contribution in [1.82, 2.24) is 19.3 Å². The van der Waals surface area contributed by atoms with Crippen molar-refractivity contribution in [2.45, 2.75) is 45.9 Å². The minimum absolute atomic E-state index is 0.365. The maximum Gasteiger partial charge on any atom is 0.419 e. The third kappa shape index (κ3) is 5.10. The number of hydrogen-bond acceptors (Lipinski definition) is 5. The predicted molar refractivity (Wildman–Crippen MR) is 143 cm³/mol. The van der Waals surface area contributed by atoms with Crippen LogP contribution in [0.4, 0.5) is 10.5 Å². The van der Waals surface area contributed by atoms with E-state index in [4.69, 9.17) is 4.74 Å². The van der Waals surface area contributed by atoms with Gasteiger partial charge >= 0.3 is 6.09 Å². The fourth-order valence-electron chi connectivity index (χ4n) is 4.54. The van der Waals surface area contributed by atoms with E-state index in [9.17, 15) is 4.79 Å². The summed E-state index contributed by atoms with van der Waals surface area (Å²) in [6.45, 7) is 8.10. The Morgan fingerprint density at radius 3 is 2.44 bits per heavy atom. The van der Waals surface area contributed by atoms with Gasteiger partial charge in [-0.3, -0.25) is 4.68 Å². The molecular formula is C29H31N5O2. The lowest BCUT2D eigenvalue weighted by Gasteiger charge is -2.25. The van der Waals surface area contributed by atoms with Crippen LogP contribution in [0.1, 0.15) is 32.8 Å². The van der Waals surface area contributed by atoms with E-state index in [0.717, 1.165) is 53.5 Å². The summed E-state index contributed by atoms with van der Waals surface area (Å²) in [4.78, 5) is 19.6. The second-order valence-corrected chi connectivity index (χ2v) is 9.95. The van der Waals surface area contributed by atoms with Crippen LogP contribution in [0.25, 0.3) is 21.8 Å². The highest BCUT2D eigenvalue weighted by Crippen LogP contribution is 2.33. The number of ether oxygens (including phenoxy) is 1. The summed E-state index contributed by atoms with van der Waals surface area (Å²) in [6, 6.07) is 24.8. The first-order valence-electron chi connectivity index (χ1n) is 12.3. The Kier molecular flexibility index (Phi) is 6.46. The van der Waals surface area contributed by atoms with Crippen molar-refractivity contribution in [3.8, 4) is 0 Å². The number of fused-ring (bicyclic) bond motifs is 3. The van der Waals surface area contributed by atoms with E-state index in [1.165, 1.54) is 5.56 Å². The summed E-state index contributed by atoms with van der Waals surface area (Å²) in [7, 11) is 0. The molecule has 0 saturated carbocycles. The topological polar surface area (TPSA) is 65.2 Å². The minimum Gasteiger partial charge on any atom is -0.443 e. The lowest BCUT2D eigenvalue weighted by molar-refractivity contribution is 0.0551. The number of carbonyl (C=O) groups excluding carboxylic acids is 1. The van der Waals surface area contributed by atoms with Gasteiger partial charge in [0.2, 0.25) is 0 Å². The third-order valence-corrected chi connectivity index (χ3v) is 6.10. The number of hydrogen-bond donors (Lipinski definition) is 0. The zero-order valence-electron chi connectivity index (χ0n) is 21.0.